The van der Waals surface area contributed by atoms with Crippen LogP contribution >= 0.6 is 47.0 Å². The Morgan fingerprint density at radius 2 is 0.698 bits per heavy atom. The van der Waals surface area contributed by atoms with E-state index < -0.39 is 20.2 Å². The molecule has 0 saturated carbocycles. The largest absolute Gasteiger partial charge is 0.744 e. The van der Waals surface area contributed by atoms with Crippen molar-refractivity contribution < 1.29 is 34.8 Å². The van der Waals surface area contributed by atoms with Gasteiger partial charge in [0.1, 0.15) is 42.9 Å². The predicted molar refractivity (Wildman–Crippen MR) is 525 cm³/mol. The van der Waals surface area contributed by atoms with E-state index in [-0.39, 0.29) is 9.79 Å². The Balaban J connectivity index is 0.000000195. The number of benzene rings is 14. The summed E-state index contributed by atoms with van der Waals surface area (Å²) in [5.41, 5.74) is 16.2. The highest BCUT2D eigenvalue weighted by atomic mass is 32.2. The molecule has 12 aromatic carbocycles. The molecule has 640 valence electrons. The molecule has 18 heteroatoms. The van der Waals surface area contributed by atoms with Crippen LogP contribution in [0.25, 0.3) is 66.8 Å². The first-order valence-electron chi connectivity index (χ1n) is 43.6. The van der Waals surface area contributed by atoms with Crippen molar-refractivity contribution in [3.8, 4) is 44.9 Å². The molecule has 0 radical (unpaired) electrons. The smallest absolute Gasteiger partial charge is 0.210 e. The van der Waals surface area contributed by atoms with Crippen LogP contribution in [0.2, 0.25) is 0 Å². The molecule has 0 saturated heterocycles. The summed E-state index contributed by atoms with van der Waals surface area (Å²) in [5, 5.41) is 3.33. The van der Waals surface area contributed by atoms with Crippen LogP contribution in [0.3, 0.4) is 0 Å². The number of hydrogen-bond acceptors (Lipinski definition) is 14. The second-order valence-corrected chi connectivity index (χ2v) is 38.2. The molecule has 16 rings (SSSR count). The lowest BCUT2D eigenvalue weighted by atomic mass is 9.93. The molecule has 12 nitrogen and oxygen atoms in total. The maximum atomic E-state index is 12.9. The van der Waals surface area contributed by atoms with E-state index in [1.54, 1.807) is 59.9 Å². The number of hydrogen-bond donors (Lipinski definition) is 0. The molecule has 0 N–H and O–H groups in total. The van der Waals surface area contributed by atoms with E-state index in [0.717, 1.165) is 167 Å². The lowest BCUT2D eigenvalue weighted by Gasteiger charge is -2.28. The SMILES string of the molecule is CCCCc1ccccc1N(CCSc1ccccc1)c1ccc2c(-c3ccccc3S(=O)(=O)[O-])c3ccc(=[N+](CCSc4ccccc4)c4ccccc4CCCC)cc-3oc2c1.CCCCc1ccccc1N(CSc1ccccc1)c1ccc2c(-c3ccccc3S(=O)(=O)[O-])c3ccc(=[N+](CSc4ccccc4)c4ccccc4CCCC)cc-3oc2c1. The van der Waals surface area contributed by atoms with Crippen LogP contribution in [0, 0.1) is 0 Å². The van der Waals surface area contributed by atoms with E-state index in [1.807, 2.05) is 72.1 Å². The van der Waals surface area contributed by atoms with E-state index >= 15 is 0 Å². The van der Waals surface area contributed by atoms with Crippen molar-refractivity contribution in [1.82, 2.24) is 9.15 Å². The van der Waals surface area contributed by atoms with Crippen LogP contribution in [0.1, 0.15) is 101 Å². The highest BCUT2D eigenvalue weighted by Gasteiger charge is 2.29. The van der Waals surface area contributed by atoms with Gasteiger partial charge in [-0.05, 0) is 172 Å². The molecule has 0 spiro atoms. The van der Waals surface area contributed by atoms with Crippen molar-refractivity contribution in [2.24, 2.45) is 0 Å². The number of fused-ring (bicyclic) bond motifs is 4. The second kappa shape index (κ2) is 43.4. The maximum Gasteiger partial charge on any atom is 0.210 e. The van der Waals surface area contributed by atoms with Crippen molar-refractivity contribution in [2.75, 3.05) is 46.1 Å². The van der Waals surface area contributed by atoms with Crippen LogP contribution in [0.4, 0.5) is 34.1 Å². The van der Waals surface area contributed by atoms with Gasteiger partial charge >= 0.3 is 0 Å². The first-order chi connectivity index (χ1) is 61.6. The molecule has 0 atom stereocenters. The zero-order valence-electron chi connectivity index (χ0n) is 71.6. The Bertz CT molecular complexity index is 6710. The molecule has 12 aromatic rings. The summed E-state index contributed by atoms with van der Waals surface area (Å²) in [5.74, 6) is 4.16. The van der Waals surface area contributed by atoms with E-state index in [4.69, 9.17) is 8.83 Å². The third-order valence-corrected chi connectivity index (χ3v) is 28.4. The van der Waals surface area contributed by atoms with Gasteiger partial charge < -0.3 is 27.7 Å². The van der Waals surface area contributed by atoms with E-state index in [1.165, 1.54) is 44.2 Å². The summed E-state index contributed by atoms with van der Waals surface area (Å²) in [4.78, 5) is 8.96. The molecular formula is C108H104N4O8S6. The first kappa shape index (κ1) is 89.7. The third-order valence-electron chi connectivity index (χ3n) is 22.7. The van der Waals surface area contributed by atoms with Gasteiger partial charge in [-0.2, -0.15) is 9.15 Å². The van der Waals surface area contributed by atoms with Gasteiger partial charge in [0.15, 0.2) is 12.4 Å². The summed E-state index contributed by atoms with van der Waals surface area (Å²) in [6.07, 6.45) is 12.5. The van der Waals surface area contributed by atoms with Crippen molar-refractivity contribution in [3.05, 3.63) is 373 Å². The summed E-state index contributed by atoms with van der Waals surface area (Å²) in [6, 6.07) is 114. The number of para-hydroxylation sites is 4. The quantitative estimate of drug-likeness (QED) is 0.0120. The summed E-state index contributed by atoms with van der Waals surface area (Å²) >= 11 is 7.17. The topological polar surface area (TPSA) is 153 Å². The fraction of sp³-hybridized carbons (Fsp3) is 0.204. The van der Waals surface area contributed by atoms with Gasteiger partial charge in [-0.15, -0.1) is 35.3 Å². The average Bonchev–Trinajstić information content (AvgIpc) is 0.741. The Hall–Kier alpha value is -11.2. The van der Waals surface area contributed by atoms with Crippen LogP contribution < -0.4 is 29.7 Å². The zero-order valence-corrected chi connectivity index (χ0v) is 76.5. The lowest BCUT2D eigenvalue weighted by molar-refractivity contribution is 0.461. The Labute approximate surface area is 759 Å². The molecule has 0 unspecified atom stereocenters. The van der Waals surface area contributed by atoms with E-state index in [9.17, 15) is 25.9 Å². The number of anilines is 4. The van der Waals surface area contributed by atoms with E-state index in [2.05, 4.69) is 289 Å². The average molecular weight is 1780 g/mol. The zero-order chi connectivity index (χ0) is 87.2. The number of rotatable bonds is 36. The molecule has 2 aliphatic heterocycles. The fourth-order valence-electron chi connectivity index (χ4n) is 16.4. The Morgan fingerprint density at radius 1 is 0.333 bits per heavy atom. The molecule has 0 aromatic heterocycles. The molecule has 0 amide bonds. The molecule has 126 heavy (non-hydrogen) atoms. The predicted octanol–water partition coefficient (Wildman–Crippen LogP) is 27.2. The Morgan fingerprint density at radius 3 is 1.16 bits per heavy atom. The fourth-order valence-corrected chi connectivity index (χ4v) is 21.3. The standard InChI is InChI=1S/C55H54N2O4S3.C53H50N2O4S3/c1-3-5-19-41-21-13-16-28-50(41)56(35-37-62-45-23-9-7-10-24-45)43-31-33-47-52(39-43)61-53-40-44(32-34-48(53)55(47)49-27-15-18-30-54(49)64(58,59)60)57(36-38-63-46-25-11-8-12-26-46)51-29-17-14-22-42(51)20-6-4-2;1-3-5-19-39-21-13-16-28-48(39)54(37-60-43-23-9-7-10-24-43)41-31-33-45-50(35-41)59-51-36-42(32-34-46(51)53(45)47-27-15-18-30-52(47)62(56,57)58)55(38-61-44-25-11-8-12-26-44)49-29-17-14-22-40(49)20-6-4-2/h7-18,21-34,39-40H,3-6,19-20,35-38H2,1-2H3;7-18,21-36H,3-6,19-20,37-38H2,1-2H3. The molecule has 0 fully saturated rings. The normalized spacial score (nSPS) is 12.2. The molecular weight excluding hydrogens is 1670 g/mol. The van der Waals surface area contributed by atoms with Gasteiger partial charge in [-0.25, -0.2) is 16.8 Å². The van der Waals surface area contributed by atoms with Crippen molar-refractivity contribution in [3.63, 3.8) is 0 Å². The Kier molecular flexibility index (Phi) is 30.9. The second-order valence-electron chi connectivity index (χ2n) is 31.2. The van der Waals surface area contributed by atoms with Gasteiger partial charge in [-0.1, -0.05) is 247 Å². The summed E-state index contributed by atoms with van der Waals surface area (Å²) < 4.78 is 96.2. The third kappa shape index (κ3) is 22.1. The van der Waals surface area contributed by atoms with Crippen LogP contribution in [-0.4, -0.2) is 62.3 Å². The monoisotopic (exact) mass is 1780 g/mol. The number of nitrogens with zero attached hydrogens (tertiary/aromatic N) is 4. The molecule has 2 heterocycles. The number of thioether (sulfide) groups is 4. The van der Waals surface area contributed by atoms with Gasteiger partial charge in [0.25, 0.3) is 0 Å². The van der Waals surface area contributed by atoms with Crippen LogP contribution in [-0.2, 0) is 45.9 Å². The highest BCUT2D eigenvalue weighted by Crippen LogP contribution is 2.47. The van der Waals surface area contributed by atoms with Gasteiger partial charge in [-0.3, -0.25) is 0 Å². The minimum absolute atomic E-state index is 0.259. The molecule has 4 aliphatic rings. The highest BCUT2D eigenvalue weighted by molar-refractivity contribution is 8.00. The molecule has 2 aliphatic carbocycles. The lowest BCUT2D eigenvalue weighted by Crippen LogP contribution is -2.28. The van der Waals surface area contributed by atoms with Crippen LogP contribution in [0.5, 0.6) is 0 Å². The van der Waals surface area contributed by atoms with Crippen molar-refractivity contribution >= 4 is 123 Å². The van der Waals surface area contributed by atoms with Gasteiger partial charge in [0.05, 0.1) is 33.6 Å². The summed E-state index contributed by atoms with van der Waals surface area (Å²) in [7, 11) is -9.66. The minimum atomic E-state index is -4.83. The van der Waals surface area contributed by atoms with Crippen molar-refractivity contribution in [2.45, 2.75) is 134 Å². The minimum Gasteiger partial charge on any atom is -0.744 e. The first-order valence-corrected chi connectivity index (χ1v) is 50.3. The number of aryl methyl sites for hydroxylation is 4. The maximum absolute atomic E-state index is 12.9. The molecule has 0 bridgehead atoms. The number of unbranched alkanes of at least 4 members (excludes halogenated alkanes) is 4. The van der Waals surface area contributed by atoms with Crippen molar-refractivity contribution in [1.29, 1.82) is 0 Å². The van der Waals surface area contributed by atoms with Gasteiger partial charge in [0.2, 0.25) is 22.1 Å². The summed E-state index contributed by atoms with van der Waals surface area (Å²) in [6.45, 7) is 10.4. The van der Waals surface area contributed by atoms with Crippen LogP contribution in [0.15, 0.2) is 378 Å². The van der Waals surface area contributed by atoms with Gasteiger partial charge in [0, 0.05) is 146 Å². The van der Waals surface area contributed by atoms with E-state index in [0.29, 0.717) is 67.6 Å².